The molecular formula is C23H21N3O2S. The quantitative estimate of drug-likeness (QED) is 0.483. The number of hydrogen-bond acceptors (Lipinski definition) is 4. The molecule has 4 rings (SSSR count). The van der Waals surface area contributed by atoms with Gasteiger partial charge in [0.1, 0.15) is 5.69 Å². The Balaban J connectivity index is 1.58. The molecule has 2 aromatic heterocycles. The number of hydrogen-bond donors (Lipinski definition) is 2. The lowest BCUT2D eigenvalue weighted by Gasteiger charge is -2.04. The molecule has 0 aliphatic carbocycles. The molecule has 0 saturated heterocycles. The molecule has 1 amide bonds. The van der Waals surface area contributed by atoms with Gasteiger partial charge in [-0.05, 0) is 36.4 Å². The molecule has 29 heavy (non-hydrogen) atoms. The number of pyridine rings is 1. The third-order valence-electron chi connectivity index (χ3n) is 4.78. The Morgan fingerprint density at radius 1 is 1.14 bits per heavy atom. The number of amides is 1. The molecule has 146 valence electrons. The minimum Gasteiger partial charge on any atom is -0.317 e. The van der Waals surface area contributed by atoms with Crippen molar-refractivity contribution in [2.75, 3.05) is 5.32 Å². The third kappa shape index (κ3) is 3.98. The molecule has 4 aromatic rings. The minimum atomic E-state index is -0.383. The lowest BCUT2D eigenvalue weighted by Crippen LogP contribution is -2.18. The summed E-state index contributed by atoms with van der Waals surface area (Å²) in [6.45, 7) is 4.15. The van der Waals surface area contributed by atoms with Crippen LogP contribution in [0, 0.1) is 6.92 Å². The van der Waals surface area contributed by atoms with Gasteiger partial charge in [0.2, 0.25) is 0 Å². The summed E-state index contributed by atoms with van der Waals surface area (Å²) in [7, 11) is 0. The van der Waals surface area contributed by atoms with Crippen molar-refractivity contribution >= 4 is 33.1 Å². The highest BCUT2D eigenvalue weighted by atomic mass is 32.1. The van der Waals surface area contributed by atoms with Crippen LogP contribution in [0.1, 0.15) is 34.3 Å². The van der Waals surface area contributed by atoms with Crippen molar-refractivity contribution < 1.29 is 4.79 Å². The van der Waals surface area contributed by atoms with Gasteiger partial charge in [-0.1, -0.05) is 55.8 Å². The second-order valence-corrected chi connectivity index (χ2v) is 8.13. The first-order chi connectivity index (χ1) is 14.0. The van der Waals surface area contributed by atoms with Gasteiger partial charge in [-0.25, -0.2) is 4.98 Å². The average Bonchev–Trinajstić information content (AvgIpc) is 3.08. The van der Waals surface area contributed by atoms with E-state index in [1.165, 1.54) is 16.9 Å². The van der Waals surface area contributed by atoms with E-state index in [9.17, 15) is 9.59 Å². The van der Waals surface area contributed by atoms with Gasteiger partial charge in [0.15, 0.2) is 5.13 Å². The van der Waals surface area contributed by atoms with Crippen molar-refractivity contribution in [2.24, 2.45) is 0 Å². The van der Waals surface area contributed by atoms with E-state index >= 15 is 0 Å². The molecule has 0 radical (unpaired) electrons. The van der Waals surface area contributed by atoms with Crippen LogP contribution in [-0.4, -0.2) is 15.9 Å². The maximum absolute atomic E-state index is 12.7. The van der Waals surface area contributed by atoms with Crippen LogP contribution in [0.15, 0.2) is 59.4 Å². The van der Waals surface area contributed by atoms with Crippen LogP contribution in [0.3, 0.4) is 0 Å². The molecule has 0 aliphatic rings. The molecule has 2 N–H and O–H groups in total. The molecule has 6 heteroatoms. The zero-order valence-corrected chi connectivity index (χ0v) is 17.1. The fourth-order valence-corrected chi connectivity index (χ4v) is 4.16. The second kappa shape index (κ2) is 8.01. The maximum Gasteiger partial charge on any atom is 0.273 e. The molecule has 5 nitrogen and oxygen atoms in total. The molecule has 0 atom stereocenters. The summed E-state index contributed by atoms with van der Waals surface area (Å²) >= 11 is 1.42. The van der Waals surface area contributed by atoms with Crippen molar-refractivity contribution in [2.45, 2.75) is 26.7 Å². The summed E-state index contributed by atoms with van der Waals surface area (Å²) < 4.78 is 0. The summed E-state index contributed by atoms with van der Waals surface area (Å²) in [5.74, 6) is -0.383. The van der Waals surface area contributed by atoms with Gasteiger partial charge in [0.05, 0.1) is 5.69 Å². The van der Waals surface area contributed by atoms with Crippen LogP contribution in [0.4, 0.5) is 5.13 Å². The van der Waals surface area contributed by atoms with Gasteiger partial charge >= 0.3 is 0 Å². The summed E-state index contributed by atoms with van der Waals surface area (Å²) in [5, 5.41) is 4.60. The van der Waals surface area contributed by atoms with Crippen LogP contribution in [0.2, 0.25) is 0 Å². The summed E-state index contributed by atoms with van der Waals surface area (Å²) in [5.41, 5.74) is 3.12. The van der Waals surface area contributed by atoms with Crippen LogP contribution < -0.4 is 10.9 Å². The SMILES string of the molecule is CCCc1ccc(-c2nc(NC(=O)c3cc4ccccc4c(=O)[nH]3)sc2C)cc1. The number of thiazole rings is 1. The molecule has 0 unspecified atom stereocenters. The van der Waals surface area contributed by atoms with E-state index in [1.54, 1.807) is 18.2 Å². The summed E-state index contributed by atoms with van der Waals surface area (Å²) in [4.78, 5) is 33.2. The lowest BCUT2D eigenvalue weighted by molar-refractivity contribution is 0.102. The normalized spacial score (nSPS) is 11.0. The first kappa shape index (κ1) is 19.1. The predicted octanol–water partition coefficient (Wildman–Crippen LogP) is 5.16. The molecule has 0 aliphatic heterocycles. The monoisotopic (exact) mass is 403 g/mol. The Hall–Kier alpha value is -3.25. The average molecular weight is 404 g/mol. The van der Waals surface area contributed by atoms with Crippen LogP contribution in [0.5, 0.6) is 0 Å². The molecule has 0 bridgehead atoms. The van der Waals surface area contributed by atoms with E-state index in [4.69, 9.17) is 0 Å². The molecule has 0 saturated carbocycles. The largest absolute Gasteiger partial charge is 0.317 e. The predicted molar refractivity (Wildman–Crippen MR) is 119 cm³/mol. The first-order valence-electron chi connectivity index (χ1n) is 9.55. The number of fused-ring (bicyclic) bond motifs is 1. The van der Waals surface area contributed by atoms with Crippen molar-refractivity contribution in [1.29, 1.82) is 0 Å². The number of aromatic amines is 1. The number of nitrogens with zero attached hydrogens (tertiary/aromatic N) is 1. The van der Waals surface area contributed by atoms with E-state index in [-0.39, 0.29) is 17.2 Å². The fourth-order valence-electron chi connectivity index (χ4n) is 3.33. The van der Waals surface area contributed by atoms with E-state index < -0.39 is 0 Å². The molecule has 2 aromatic carbocycles. The highest BCUT2D eigenvalue weighted by Crippen LogP contribution is 2.31. The van der Waals surface area contributed by atoms with Crippen LogP contribution >= 0.6 is 11.3 Å². The zero-order chi connectivity index (χ0) is 20.4. The van der Waals surface area contributed by atoms with Crippen molar-refractivity contribution in [3.8, 4) is 11.3 Å². The Morgan fingerprint density at radius 2 is 1.90 bits per heavy atom. The number of rotatable bonds is 5. The number of aryl methyl sites for hydroxylation is 2. The molecule has 0 fully saturated rings. The maximum atomic E-state index is 12.7. The second-order valence-electron chi connectivity index (χ2n) is 6.92. The Labute approximate surface area is 172 Å². The van der Waals surface area contributed by atoms with Crippen molar-refractivity contribution in [1.82, 2.24) is 9.97 Å². The lowest BCUT2D eigenvalue weighted by atomic mass is 10.1. The highest BCUT2D eigenvalue weighted by molar-refractivity contribution is 7.16. The van der Waals surface area contributed by atoms with Crippen molar-refractivity contribution in [3.05, 3.63) is 81.1 Å². The van der Waals surface area contributed by atoms with E-state index in [0.29, 0.717) is 10.5 Å². The summed E-state index contributed by atoms with van der Waals surface area (Å²) in [6, 6.07) is 17.2. The first-order valence-corrected chi connectivity index (χ1v) is 10.4. The third-order valence-corrected chi connectivity index (χ3v) is 5.67. The van der Waals surface area contributed by atoms with Crippen LogP contribution in [-0.2, 0) is 6.42 Å². The number of aromatic nitrogens is 2. The number of benzene rings is 2. The topological polar surface area (TPSA) is 74.8 Å². The standard InChI is InChI=1S/C23H21N3O2S/c1-3-6-15-9-11-16(12-10-15)20-14(2)29-23(25-20)26-22(28)19-13-17-7-4-5-8-18(17)21(27)24-19/h4-5,7-13H,3,6H2,1-2H3,(H,24,27)(H,25,26,28). The van der Waals surface area contributed by atoms with Gasteiger partial charge in [-0.3, -0.25) is 14.9 Å². The number of anilines is 1. The van der Waals surface area contributed by atoms with Crippen molar-refractivity contribution in [3.63, 3.8) is 0 Å². The van der Waals surface area contributed by atoms with Gasteiger partial charge in [0, 0.05) is 15.8 Å². The summed E-state index contributed by atoms with van der Waals surface area (Å²) in [6.07, 6.45) is 2.17. The minimum absolute atomic E-state index is 0.215. The van der Waals surface area contributed by atoms with Gasteiger partial charge in [-0.2, -0.15) is 0 Å². The zero-order valence-electron chi connectivity index (χ0n) is 16.3. The highest BCUT2D eigenvalue weighted by Gasteiger charge is 2.15. The molecular weight excluding hydrogens is 382 g/mol. The number of carbonyl (C=O) groups is 1. The molecule has 0 spiro atoms. The van der Waals surface area contributed by atoms with E-state index in [1.807, 2.05) is 19.1 Å². The molecule has 2 heterocycles. The van der Waals surface area contributed by atoms with Gasteiger partial charge in [0.25, 0.3) is 11.5 Å². The Morgan fingerprint density at radius 3 is 2.66 bits per heavy atom. The Kier molecular flexibility index (Phi) is 5.27. The van der Waals surface area contributed by atoms with Gasteiger partial charge in [-0.15, -0.1) is 11.3 Å². The number of H-pyrrole nitrogens is 1. The number of nitrogens with one attached hydrogen (secondary N) is 2. The Bertz CT molecular complexity index is 1240. The van der Waals surface area contributed by atoms with E-state index in [2.05, 4.69) is 46.5 Å². The van der Waals surface area contributed by atoms with Gasteiger partial charge < -0.3 is 4.98 Å². The smallest absolute Gasteiger partial charge is 0.273 e. The van der Waals surface area contributed by atoms with E-state index in [0.717, 1.165) is 34.4 Å². The number of carbonyl (C=O) groups excluding carboxylic acids is 1. The van der Waals surface area contributed by atoms with Crippen LogP contribution in [0.25, 0.3) is 22.0 Å². The fraction of sp³-hybridized carbons (Fsp3) is 0.174.